The van der Waals surface area contributed by atoms with Crippen LogP contribution in [0.2, 0.25) is 0 Å². The van der Waals surface area contributed by atoms with Gasteiger partial charge in [0.05, 0.1) is 19.2 Å². The van der Waals surface area contributed by atoms with Gasteiger partial charge in [-0.1, -0.05) is 121 Å². The summed E-state index contributed by atoms with van der Waals surface area (Å²) in [4.78, 5) is 0. The van der Waals surface area contributed by atoms with Crippen molar-refractivity contribution in [1.82, 2.24) is 0 Å². The Balaban J connectivity index is 1.48. The molecular weight excluding hydrogens is 472 g/mol. The lowest BCUT2D eigenvalue weighted by atomic mass is 9.85. The van der Waals surface area contributed by atoms with Gasteiger partial charge in [0, 0.05) is 10.8 Å². The van der Waals surface area contributed by atoms with Gasteiger partial charge in [-0.05, 0) is 79.1 Å². The van der Waals surface area contributed by atoms with Crippen molar-refractivity contribution >= 4 is 43.5 Å². The van der Waals surface area contributed by atoms with Crippen LogP contribution in [0.3, 0.4) is 0 Å². The fourth-order valence-electron chi connectivity index (χ4n) is 5.24. The van der Waals surface area contributed by atoms with Crippen LogP contribution in [0.5, 0.6) is 0 Å². The van der Waals surface area contributed by atoms with Crippen molar-refractivity contribution in [1.29, 1.82) is 0 Å². The Morgan fingerprint density at radius 1 is 0.410 bits per heavy atom. The molecule has 0 spiro atoms. The molecule has 0 unspecified atom stereocenters. The van der Waals surface area contributed by atoms with Gasteiger partial charge in [0.15, 0.2) is 0 Å². The first-order chi connectivity index (χ1) is 25.1. The van der Waals surface area contributed by atoms with Gasteiger partial charge in [0.25, 0.3) is 0 Å². The molecule has 0 aliphatic rings. The highest BCUT2D eigenvalue weighted by molar-refractivity contribution is 6.21. The first-order valence-electron chi connectivity index (χ1n) is 19.2. The highest BCUT2D eigenvalue weighted by Gasteiger charge is 2.17. The monoisotopic (exact) mass is 510 g/mol. The van der Waals surface area contributed by atoms with Crippen LogP contribution in [0.4, 0.5) is 0 Å². The van der Waals surface area contributed by atoms with Crippen LogP contribution in [-0.2, 0) is 0 Å². The second kappa shape index (κ2) is 8.72. The Hall–Kier alpha value is -5.14. The van der Waals surface area contributed by atoms with Crippen LogP contribution >= 0.6 is 0 Å². The summed E-state index contributed by atoms with van der Waals surface area (Å²) in [6.07, 6.45) is 0. The normalized spacial score (nSPS) is 16.6. The highest BCUT2D eigenvalue weighted by atomic mass is 16.3. The first kappa shape index (κ1) is 12.1. The Labute approximate surface area is 246 Å². The summed E-state index contributed by atoms with van der Waals surface area (Å²) >= 11 is 0. The maximum absolute atomic E-state index is 9.27. The van der Waals surface area contributed by atoms with E-state index in [1.165, 1.54) is 36.4 Å². The van der Waals surface area contributed by atoms with E-state index in [-0.39, 0.29) is 81.9 Å². The largest absolute Gasteiger partial charge is 0.456 e. The second-order valence-electron chi connectivity index (χ2n) is 9.06. The average Bonchev–Trinajstić information content (AvgIpc) is 3.53. The van der Waals surface area contributed by atoms with E-state index in [1.54, 1.807) is 24.3 Å². The van der Waals surface area contributed by atoms with Crippen molar-refractivity contribution in [2.24, 2.45) is 0 Å². The van der Waals surface area contributed by atoms with Crippen molar-refractivity contribution in [2.75, 3.05) is 0 Å². The van der Waals surface area contributed by atoms with Gasteiger partial charge in [-0.2, -0.15) is 0 Å². The number of hydrogen-bond acceptors (Lipinski definition) is 1. The predicted molar refractivity (Wildman–Crippen MR) is 165 cm³/mol. The zero-order valence-corrected chi connectivity index (χ0v) is 20.2. The maximum atomic E-state index is 9.27. The molecule has 0 N–H and O–H groups in total. The fraction of sp³-hybridized carbons (Fsp3) is 0. The van der Waals surface area contributed by atoms with Crippen molar-refractivity contribution in [2.45, 2.75) is 0 Å². The predicted octanol–water partition coefficient (Wildman–Crippen LogP) is 10.9. The minimum absolute atomic E-state index is 0.00961. The van der Waals surface area contributed by atoms with Crippen LogP contribution in [0, 0.1) is 0 Å². The molecule has 1 heteroatoms. The van der Waals surface area contributed by atoms with Crippen molar-refractivity contribution in [3.05, 3.63) is 145 Å². The van der Waals surface area contributed by atoms with Crippen LogP contribution < -0.4 is 0 Å². The van der Waals surface area contributed by atoms with E-state index in [4.69, 9.17) is 22.2 Å². The number of rotatable bonds is 3. The van der Waals surface area contributed by atoms with Gasteiger partial charge in [-0.15, -0.1) is 0 Å². The summed E-state index contributed by atoms with van der Waals surface area (Å²) in [5.74, 6) is 0. The molecule has 0 atom stereocenters. The quantitative estimate of drug-likeness (QED) is 0.215. The summed E-state index contributed by atoms with van der Waals surface area (Å²) in [5.41, 5.74) is 1.77. The van der Waals surface area contributed by atoms with E-state index < -0.39 is 30.2 Å². The summed E-state index contributed by atoms with van der Waals surface area (Å²) in [6.45, 7) is 0. The topological polar surface area (TPSA) is 13.1 Å². The molecule has 0 fully saturated rings. The Kier molecular flexibility index (Phi) is 2.72. The lowest BCUT2D eigenvalue weighted by Gasteiger charge is -2.18. The van der Waals surface area contributed by atoms with Crippen LogP contribution in [0.15, 0.2) is 150 Å². The fourth-order valence-corrected chi connectivity index (χ4v) is 5.24. The van der Waals surface area contributed by atoms with E-state index in [1.807, 2.05) is 0 Å². The third-order valence-corrected chi connectivity index (χ3v) is 6.90. The maximum Gasteiger partial charge on any atom is 0.135 e. The molecule has 8 aromatic rings. The van der Waals surface area contributed by atoms with Crippen molar-refractivity contribution in [3.8, 4) is 33.4 Å². The van der Waals surface area contributed by atoms with E-state index in [2.05, 4.69) is 0 Å². The molecule has 0 saturated heterocycles. The van der Waals surface area contributed by atoms with Crippen LogP contribution in [-0.4, -0.2) is 0 Å². The summed E-state index contributed by atoms with van der Waals surface area (Å²) in [5, 5.41) is 1.77. The molecule has 0 bridgehead atoms. The zero-order valence-electron chi connectivity index (χ0n) is 34.2. The smallest absolute Gasteiger partial charge is 0.135 e. The molecule has 1 heterocycles. The van der Waals surface area contributed by atoms with Crippen LogP contribution in [0.1, 0.15) is 19.2 Å². The molecule has 0 radical (unpaired) electrons. The first-order valence-corrected chi connectivity index (χ1v) is 12.2. The van der Waals surface area contributed by atoms with Crippen LogP contribution in [0.25, 0.3) is 76.9 Å². The molecule has 0 aliphatic heterocycles. The Bertz CT molecular complexity index is 2860. The standard InChI is InChI=1S/C38H24O/c1-2-11-25(12-3-1)37-30-16-4-6-18-32(30)38(33-19-7-5-17-31(33)37)28-14-10-13-26(23-28)27-21-22-36-34(24-27)29-15-8-9-20-35(29)39-36/h1-24H/i1D,2D,3D,4D,5D,6D,7D,8D,9D,15D,20D,21D,22D,24D. The molecular formula is C38H24O. The van der Waals surface area contributed by atoms with E-state index in [0.29, 0.717) is 49.4 Å². The van der Waals surface area contributed by atoms with Crippen molar-refractivity contribution in [3.63, 3.8) is 0 Å². The minimum Gasteiger partial charge on any atom is -0.456 e. The summed E-state index contributed by atoms with van der Waals surface area (Å²) < 4.78 is 125. The minimum atomic E-state index is -0.528. The lowest BCUT2D eigenvalue weighted by Crippen LogP contribution is -1.91. The van der Waals surface area contributed by atoms with E-state index in [0.717, 1.165) is 0 Å². The number of furan rings is 1. The SMILES string of the molecule is [2H]c1cc2c(-c3cccc(-c4c([2H])c([2H])c5oc6c([2H])c([2H])c([2H])c([2H])c6c5c4[2H])c3)c3cc([2H])c([2H])cc3c(-c3cc([2H])c([2H])c([2H])c3)c2cc1[2H]. The van der Waals surface area contributed by atoms with Gasteiger partial charge in [0.2, 0.25) is 0 Å². The lowest BCUT2D eigenvalue weighted by molar-refractivity contribution is 0.669. The van der Waals surface area contributed by atoms with Gasteiger partial charge in [0.1, 0.15) is 11.2 Å². The number of fused-ring (bicyclic) bond motifs is 5. The van der Waals surface area contributed by atoms with E-state index in [9.17, 15) is 1.37 Å². The third kappa shape index (κ3) is 3.48. The Morgan fingerprint density at radius 2 is 1.00 bits per heavy atom. The second-order valence-corrected chi connectivity index (χ2v) is 9.06. The van der Waals surface area contributed by atoms with Gasteiger partial charge in [-0.3, -0.25) is 0 Å². The summed E-state index contributed by atoms with van der Waals surface area (Å²) in [6, 6.07) is 11.6. The molecule has 8 rings (SSSR count). The number of hydrogen-bond donors (Lipinski definition) is 0. The molecule has 0 saturated carbocycles. The van der Waals surface area contributed by atoms with Gasteiger partial charge in [-0.25, -0.2) is 0 Å². The van der Waals surface area contributed by atoms with Gasteiger partial charge >= 0.3 is 0 Å². The summed E-state index contributed by atoms with van der Waals surface area (Å²) in [7, 11) is 0. The number of benzene rings is 7. The Morgan fingerprint density at radius 3 is 1.72 bits per heavy atom. The molecule has 1 nitrogen and oxygen atoms in total. The van der Waals surface area contributed by atoms with Gasteiger partial charge < -0.3 is 4.42 Å². The molecule has 1 aromatic heterocycles. The average molecular weight is 511 g/mol. The molecule has 0 aliphatic carbocycles. The third-order valence-electron chi connectivity index (χ3n) is 6.90. The van der Waals surface area contributed by atoms with Crippen molar-refractivity contribution < 1.29 is 23.6 Å². The number of para-hydroxylation sites is 1. The van der Waals surface area contributed by atoms with E-state index >= 15 is 0 Å². The molecule has 0 amide bonds. The molecule has 182 valence electrons. The highest BCUT2D eigenvalue weighted by Crippen LogP contribution is 2.44. The molecule has 39 heavy (non-hydrogen) atoms. The molecule has 7 aromatic carbocycles. The zero-order chi connectivity index (χ0) is 37.9.